The van der Waals surface area contributed by atoms with Gasteiger partial charge in [0.25, 0.3) is 0 Å². The Balaban J connectivity index is 1.58. The SMILES string of the molecule is CC1(C)O[C@@H]2C[C@H]3[C@@H]4CCC5=CC(=O)C=C[C@]5(C)[C@H]4[C@@H](O)C[C@]3(C)[C@]2(C(=O)SCF)O1. The molecule has 31 heavy (non-hydrogen) atoms. The van der Waals surface area contributed by atoms with Gasteiger partial charge in [-0.1, -0.05) is 37.3 Å². The zero-order chi connectivity index (χ0) is 22.4. The number of hydrogen-bond donors (Lipinski definition) is 1. The highest BCUT2D eigenvalue weighted by Crippen LogP contribution is 2.70. The molecule has 4 fully saturated rings. The van der Waals surface area contributed by atoms with Crippen LogP contribution in [0.1, 0.15) is 53.4 Å². The predicted molar refractivity (Wildman–Crippen MR) is 115 cm³/mol. The molecule has 0 bridgehead atoms. The van der Waals surface area contributed by atoms with Gasteiger partial charge in [-0.2, -0.15) is 0 Å². The molecule has 7 heteroatoms. The van der Waals surface area contributed by atoms with Gasteiger partial charge in [0.1, 0.15) is 6.01 Å². The molecule has 0 amide bonds. The van der Waals surface area contributed by atoms with Gasteiger partial charge in [-0.25, -0.2) is 4.39 Å². The summed E-state index contributed by atoms with van der Waals surface area (Å²) in [7, 11) is 0. The maximum Gasteiger partial charge on any atom is 0.226 e. The number of halogens is 1. The average Bonchev–Trinajstić information content (AvgIpc) is 3.08. The van der Waals surface area contributed by atoms with Gasteiger partial charge in [0.2, 0.25) is 5.12 Å². The van der Waals surface area contributed by atoms with Crippen molar-refractivity contribution in [2.75, 3.05) is 6.01 Å². The molecular formula is C24H31FO5S. The molecule has 0 aromatic heterocycles. The second kappa shape index (κ2) is 6.75. The summed E-state index contributed by atoms with van der Waals surface area (Å²) in [6, 6.07) is -0.808. The number of alkyl halides is 1. The van der Waals surface area contributed by atoms with Crippen molar-refractivity contribution < 1.29 is 28.6 Å². The van der Waals surface area contributed by atoms with Crippen LogP contribution in [-0.4, -0.2) is 45.6 Å². The zero-order valence-electron chi connectivity index (χ0n) is 18.5. The van der Waals surface area contributed by atoms with Crippen molar-refractivity contribution in [3.05, 3.63) is 23.8 Å². The van der Waals surface area contributed by atoms with E-state index in [0.717, 1.165) is 18.4 Å². The van der Waals surface area contributed by atoms with E-state index in [0.29, 0.717) is 24.6 Å². The molecule has 0 radical (unpaired) electrons. The van der Waals surface area contributed by atoms with E-state index in [1.54, 1.807) is 26.0 Å². The fraction of sp³-hybridized carbons (Fsp3) is 0.750. The maximum absolute atomic E-state index is 13.4. The summed E-state index contributed by atoms with van der Waals surface area (Å²) in [4.78, 5) is 25.3. The van der Waals surface area contributed by atoms with Crippen molar-refractivity contribution in [3.63, 3.8) is 0 Å². The van der Waals surface area contributed by atoms with Crippen LogP contribution in [0.25, 0.3) is 0 Å². The van der Waals surface area contributed by atoms with Crippen molar-refractivity contribution in [1.82, 2.24) is 0 Å². The predicted octanol–water partition coefficient (Wildman–Crippen LogP) is 3.95. The topological polar surface area (TPSA) is 72.8 Å². The average molecular weight is 451 g/mol. The van der Waals surface area contributed by atoms with E-state index >= 15 is 0 Å². The second-order valence-corrected chi connectivity index (χ2v) is 11.7. The number of hydrogen-bond acceptors (Lipinski definition) is 6. The molecule has 8 atom stereocenters. The molecule has 170 valence electrons. The molecule has 5 rings (SSSR count). The second-order valence-electron chi connectivity index (χ2n) is 10.8. The number of fused-ring (bicyclic) bond motifs is 7. The van der Waals surface area contributed by atoms with E-state index < -0.39 is 35.0 Å². The minimum absolute atomic E-state index is 0.00768. The Labute approximate surface area is 186 Å². The molecule has 0 unspecified atom stereocenters. The number of rotatable bonds is 2. The minimum Gasteiger partial charge on any atom is -0.393 e. The lowest BCUT2D eigenvalue weighted by molar-refractivity contribution is -0.221. The third kappa shape index (κ3) is 2.73. The van der Waals surface area contributed by atoms with Gasteiger partial charge in [-0.3, -0.25) is 9.59 Å². The van der Waals surface area contributed by atoms with Crippen molar-refractivity contribution in [3.8, 4) is 0 Å². The lowest BCUT2D eigenvalue weighted by atomic mass is 9.46. The van der Waals surface area contributed by atoms with Gasteiger partial charge in [-0.05, 0) is 63.5 Å². The summed E-state index contributed by atoms with van der Waals surface area (Å²) in [5.41, 5.74) is -1.20. The number of carbonyl (C=O) groups is 2. The molecule has 1 saturated heterocycles. The highest BCUT2D eigenvalue weighted by molar-refractivity contribution is 8.13. The van der Waals surface area contributed by atoms with Crippen LogP contribution >= 0.6 is 11.8 Å². The van der Waals surface area contributed by atoms with E-state index in [1.165, 1.54) is 0 Å². The number of ether oxygens (including phenoxy) is 2. The van der Waals surface area contributed by atoms with Gasteiger partial charge in [0, 0.05) is 16.7 Å². The summed E-state index contributed by atoms with van der Waals surface area (Å²) in [6.45, 7) is 7.75. The number of carbonyl (C=O) groups excluding carboxylic acids is 2. The molecule has 4 aliphatic carbocycles. The van der Waals surface area contributed by atoms with Crippen LogP contribution in [0.4, 0.5) is 4.39 Å². The lowest BCUT2D eigenvalue weighted by Crippen LogP contribution is -2.63. The van der Waals surface area contributed by atoms with Gasteiger partial charge in [0.05, 0.1) is 12.2 Å². The fourth-order valence-corrected chi connectivity index (χ4v) is 8.65. The Morgan fingerprint density at radius 2 is 2.06 bits per heavy atom. The normalized spacial score (nSPS) is 49.7. The Hall–Kier alpha value is -1.02. The first-order valence-electron chi connectivity index (χ1n) is 11.2. The Bertz CT molecular complexity index is 898. The van der Waals surface area contributed by atoms with E-state index in [4.69, 9.17) is 9.47 Å². The number of ketones is 1. The molecule has 3 saturated carbocycles. The molecule has 0 aromatic carbocycles. The molecular weight excluding hydrogens is 419 g/mol. The maximum atomic E-state index is 13.4. The summed E-state index contributed by atoms with van der Waals surface area (Å²) < 4.78 is 25.9. The van der Waals surface area contributed by atoms with Crippen molar-refractivity contribution in [2.45, 2.75) is 77.0 Å². The van der Waals surface area contributed by atoms with Gasteiger partial charge >= 0.3 is 0 Å². The fourth-order valence-electron chi connectivity index (χ4n) is 7.93. The van der Waals surface area contributed by atoms with E-state index in [9.17, 15) is 19.1 Å². The largest absolute Gasteiger partial charge is 0.393 e. The van der Waals surface area contributed by atoms with Crippen LogP contribution in [0.15, 0.2) is 23.8 Å². The smallest absolute Gasteiger partial charge is 0.226 e. The van der Waals surface area contributed by atoms with Crippen LogP contribution in [0.2, 0.25) is 0 Å². The molecule has 0 spiro atoms. The van der Waals surface area contributed by atoms with E-state index in [-0.39, 0.29) is 34.1 Å². The first-order valence-corrected chi connectivity index (χ1v) is 12.2. The van der Waals surface area contributed by atoms with Crippen LogP contribution in [0, 0.1) is 28.6 Å². The number of thioether (sulfide) groups is 1. The summed E-state index contributed by atoms with van der Waals surface area (Å²) >= 11 is 0.649. The third-order valence-corrected chi connectivity index (χ3v) is 9.65. The van der Waals surface area contributed by atoms with E-state index in [2.05, 4.69) is 6.92 Å². The first-order chi connectivity index (χ1) is 14.5. The quantitative estimate of drug-likeness (QED) is 0.687. The molecule has 5 nitrogen and oxygen atoms in total. The molecule has 1 aliphatic heterocycles. The Morgan fingerprint density at radius 1 is 1.32 bits per heavy atom. The molecule has 1 heterocycles. The summed E-state index contributed by atoms with van der Waals surface area (Å²) in [6.07, 6.45) is 6.89. The first kappa shape index (κ1) is 21.8. The summed E-state index contributed by atoms with van der Waals surface area (Å²) in [5, 5.41) is 11.2. The minimum atomic E-state index is -1.26. The van der Waals surface area contributed by atoms with Crippen LogP contribution in [-0.2, 0) is 19.1 Å². The van der Waals surface area contributed by atoms with Crippen LogP contribution in [0.3, 0.4) is 0 Å². The highest BCUT2D eigenvalue weighted by atomic mass is 32.2. The van der Waals surface area contributed by atoms with Gasteiger partial charge < -0.3 is 14.6 Å². The van der Waals surface area contributed by atoms with Crippen molar-refractivity contribution in [2.24, 2.45) is 28.6 Å². The van der Waals surface area contributed by atoms with Gasteiger partial charge in [-0.15, -0.1) is 0 Å². The highest BCUT2D eigenvalue weighted by Gasteiger charge is 2.77. The molecule has 1 N–H and O–H groups in total. The zero-order valence-corrected chi connectivity index (χ0v) is 19.3. The number of allylic oxidation sites excluding steroid dienone is 4. The number of aliphatic hydroxyl groups excluding tert-OH is 1. The Kier molecular flexibility index (Phi) is 4.75. The molecule has 0 aromatic rings. The summed E-state index contributed by atoms with van der Waals surface area (Å²) in [5.74, 6) is -0.699. The Morgan fingerprint density at radius 3 is 2.77 bits per heavy atom. The van der Waals surface area contributed by atoms with Crippen molar-refractivity contribution in [1.29, 1.82) is 0 Å². The number of aliphatic hydroxyl groups is 1. The third-order valence-electron chi connectivity index (χ3n) is 8.98. The van der Waals surface area contributed by atoms with Crippen LogP contribution in [0.5, 0.6) is 0 Å². The lowest BCUT2D eigenvalue weighted by Gasteiger charge is -2.59. The van der Waals surface area contributed by atoms with E-state index in [1.807, 2.05) is 13.0 Å². The van der Waals surface area contributed by atoms with Crippen LogP contribution < -0.4 is 0 Å². The van der Waals surface area contributed by atoms with Gasteiger partial charge in [0.15, 0.2) is 17.2 Å². The standard InChI is InChI=1S/C24H31FO5S/c1-21(2)29-18-10-16-15-6-5-13-9-14(26)7-8-22(13,3)19(15)17(27)11-23(16,4)24(18,30-21)20(28)31-12-25/h7-9,15-19,27H,5-6,10-12H2,1-4H3/t15-,16-,17-,18+,19+,22-,23-,24-/m0/s1. The molecule has 5 aliphatic rings. The van der Waals surface area contributed by atoms with Crippen molar-refractivity contribution >= 4 is 22.7 Å². The monoisotopic (exact) mass is 450 g/mol.